The van der Waals surface area contributed by atoms with Gasteiger partial charge in [-0.25, -0.2) is 13.6 Å². The number of ether oxygens (including phenoxy) is 2. The Morgan fingerprint density at radius 2 is 1.75 bits per heavy atom. The first kappa shape index (κ1) is 15.9. The molecule has 0 atom stereocenters. The van der Waals surface area contributed by atoms with Crippen molar-refractivity contribution in [3.63, 3.8) is 0 Å². The quantitative estimate of drug-likeness (QED) is 0.927. The maximum absolute atomic E-state index is 13.2. The summed E-state index contributed by atoms with van der Waals surface area (Å²) in [6.07, 6.45) is -0.958. The Balaban J connectivity index is 2.50. The molecule has 0 aliphatic carbocycles. The number of para-hydroxylation sites is 1. The fraction of sp³-hybridized carbons (Fsp3) is 0.385. The van der Waals surface area contributed by atoms with Crippen LogP contribution >= 0.6 is 0 Å². The molecule has 7 heteroatoms. The molecule has 0 bridgehead atoms. The zero-order valence-corrected chi connectivity index (χ0v) is 11.3. The SMILES string of the molecule is CC(C)(C)OC(=O)NC(=O)COc1c(F)cccc1F. The fourth-order valence-electron chi connectivity index (χ4n) is 1.21. The summed E-state index contributed by atoms with van der Waals surface area (Å²) in [4.78, 5) is 22.6. The molecule has 0 radical (unpaired) electrons. The van der Waals surface area contributed by atoms with Gasteiger partial charge in [-0.15, -0.1) is 0 Å². The van der Waals surface area contributed by atoms with Crippen LogP contribution in [0.25, 0.3) is 0 Å². The van der Waals surface area contributed by atoms with Crippen molar-refractivity contribution in [1.82, 2.24) is 5.32 Å². The highest BCUT2D eigenvalue weighted by Gasteiger charge is 2.19. The summed E-state index contributed by atoms with van der Waals surface area (Å²) in [5.41, 5.74) is -0.761. The second-order valence-corrected chi connectivity index (χ2v) is 4.89. The van der Waals surface area contributed by atoms with Crippen molar-refractivity contribution in [2.24, 2.45) is 0 Å². The van der Waals surface area contributed by atoms with Crippen LogP contribution in [-0.4, -0.2) is 24.2 Å². The maximum atomic E-state index is 13.2. The summed E-state index contributed by atoms with van der Waals surface area (Å²) >= 11 is 0. The van der Waals surface area contributed by atoms with Gasteiger partial charge in [-0.3, -0.25) is 10.1 Å². The number of imide groups is 1. The molecule has 5 nitrogen and oxygen atoms in total. The average Bonchev–Trinajstić information content (AvgIpc) is 2.25. The van der Waals surface area contributed by atoms with Crippen molar-refractivity contribution in [3.05, 3.63) is 29.8 Å². The van der Waals surface area contributed by atoms with Gasteiger partial charge in [0.25, 0.3) is 5.91 Å². The van der Waals surface area contributed by atoms with Crippen LogP contribution in [0.5, 0.6) is 5.75 Å². The molecule has 0 aromatic heterocycles. The maximum Gasteiger partial charge on any atom is 0.414 e. The van der Waals surface area contributed by atoms with Gasteiger partial charge in [0.1, 0.15) is 5.60 Å². The van der Waals surface area contributed by atoms with Crippen molar-refractivity contribution >= 4 is 12.0 Å². The summed E-state index contributed by atoms with van der Waals surface area (Å²) in [5, 5.41) is 1.88. The van der Waals surface area contributed by atoms with Crippen molar-refractivity contribution in [3.8, 4) is 5.75 Å². The third kappa shape index (κ3) is 5.21. The van der Waals surface area contributed by atoms with E-state index < -0.39 is 41.6 Å². The van der Waals surface area contributed by atoms with Crippen LogP contribution in [0.2, 0.25) is 0 Å². The van der Waals surface area contributed by atoms with Gasteiger partial charge < -0.3 is 9.47 Å². The zero-order chi connectivity index (χ0) is 15.3. The number of benzene rings is 1. The van der Waals surface area contributed by atoms with Gasteiger partial charge in [0, 0.05) is 0 Å². The highest BCUT2D eigenvalue weighted by Crippen LogP contribution is 2.20. The van der Waals surface area contributed by atoms with E-state index in [1.807, 2.05) is 5.32 Å². The van der Waals surface area contributed by atoms with Gasteiger partial charge in [0.15, 0.2) is 24.0 Å². The van der Waals surface area contributed by atoms with Crippen LogP contribution in [0.3, 0.4) is 0 Å². The summed E-state index contributed by atoms with van der Waals surface area (Å²) in [6.45, 7) is 4.17. The molecule has 0 aliphatic rings. The van der Waals surface area contributed by atoms with Crippen molar-refractivity contribution in [1.29, 1.82) is 0 Å². The molecule has 1 aromatic carbocycles. The summed E-state index contributed by atoms with van der Waals surface area (Å²) < 4.78 is 35.9. The first-order valence-electron chi connectivity index (χ1n) is 5.78. The van der Waals surface area contributed by atoms with Gasteiger partial charge in [-0.1, -0.05) is 6.07 Å². The number of hydrogen-bond acceptors (Lipinski definition) is 4. The van der Waals surface area contributed by atoms with Crippen LogP contribution < -0.4 is 10.1 Å². The minimum atomic E-state index is -0.958. The topological polar surface area (TPSA) is 64.6 Å². The molecule has 0 heterocycles. The van der Waals surface area contributed by atoms with Crippen LogP contribution in [0.4, 0.5) is 13.6 Å². The van der Waals surface area contributed by atoms with Gasteiger partial charge in [-0.05, 0) is 32.9 Å². The number of nitrogens with one attached hydrogen (secondary N) is 1. The standard InChI is InChI=1S/C13H15F2NO4/c1-13(2,3)20-12(18)16-10(17)7-19-11-8(14)5-4-6-9(11)15/h4-6H,7H2,1-3H3,(H,16,17,18). The van der Waals surface area contributed by atoms with Crippen LogP contribution in [0.15, 0.2) is 18.2 Å². The molecule has 0 saturated carbocycles. The monoisotopic (exact) mass is 287 g/mol. The van der Waals surface area contributed by atoms with Gasteiger partial charge in [-0.2, -0.15) is 0 Å². The molecule has 0 spiro atoms. The van der Waals surface area contributed by atoms with Gasteiger partial charge in [0.2, 0.25) is 0 Å². The van der Waals surface area contributed by atoms with E-state index in [1.54, 1.807) is 20.8 Å². The number of hydrogen-bond donors (Lipinski definition) is 1. The molecule has 1 aromatic rings. The molecule has 0 fully saturated rings. The lowest BCUT2D eigenvalue weighted by molar-refractivity contribution is -0.122. The Morgan fingerprint density at radius 1 is 1.20 bits per heavy atom. The van der Waals surface area contributed by atoms with E-state index in [0.29, 0.717) is 0 Å². The molecule has 0 saturated heterocycles. The predicted molar refractivity (Wildman–Crippen MR) is 66.2 cm³/mol. The molecule has 1 N–H and O–H groups in total. The molecule has 2 amide bonds. The molecular weight excluding hydrogens is 272 g/mol. The molecular formula is C13H15F2NO4. The minimum Gasteiger partial charge on any atom is -0.478 e. The second-order valence-electron chi connectivity index (χ2n) is 4.89. The average molecular weight is 287 g/mol. The van der Waals surface area contributed by atoms with E-state index in [4.69, 9.17) is 9.47 Å². The summed E-state index contributed by atoms with van der Waals surface area (Å²) in [6, 6.07) is 3.15. The van der Waals surface area contributed by atoms with Crippen molar-refractivity contribution < 1.29 is 27.8 Å². The molecule has 110 valence electrons. The highest BCUT2D eigenvalue weighted by atomic mass is 19.1. The van der Waals surface area contributed by atoms with E-state index in [-0.39, 0.29) is 0 Å². The number of carbonyl (C=O) groups is 2. The lowest BCUT2D eigenvalue weighted by Crippen LogP contribution is -2.38. The molecule has 0 aliphatic heterocycles. The van der Waals surface area contributed by atoms with E-state index >= 15 is 0 Å². The van der Waals surface area contributed by atoms with Crippen molar-refractivity contribution in [2.45, 2.75) is 26.4 Å². The normalized spacial score (nSPS) is 10.8. The largest absolute Gasteiger partial charge is 0.478 e. The van der Waals surface area contributed by atoms with Crippen molar-refractivity contribution in [2.75, 3.05) is 6.61 Å². The van der Waals surface area contributed by atoms with Crippen LogP contribution in [0, 0.1) is 11.6 Å². The summed E-state index contributed by atoms with van der Waals surface area (Å²) in [7, 11) is 0. The smallest absolute Gasteiger partial charge is 0.414 e. The lowest BCUT2D eigenvalue weighted by Gasteiger charge is -2.19. The Labute approximate surface area is 114 Å². The molecule has 1 rings (SSSR count). The van der Waals surface area contributed by atoms with Gasteiger partial charge in [0.05, 0.1) is 0 Å². The van der Waals surface area contributed by atoms with Crippen LogP contribution in [-0.2, 0) is 9.53 Å². The van der Waals surface area contributed by atoms with Gasteiger partial charge >= 0.3 is 6.09 Å². The second kappa shape index (κ2) is 6.31. The number of rotatable bonds is 3. The first-order valence-corrected chi connectivity index (χ1v) is 5.78. The predicted octanol–water partition coefficient (Wildman–Crippen LogP) is 2.39. The Kier molecular flexibility index (Phi) is 5.01. The van der Waals surface area contributed by atoms with E-state index in [1.165, 1.54) is 0 Å². The lowest BCUT2D eigenvalue weighted by atomic mass is 10.2. The fourth-order valence-corrected chi connectivity index (χ4v) is 1.21. The Morgan fingerprint density at radius 3 is 2.25 bits per heavy atom. The molecule has 20 heavy (non-hydrogen) atoms. The number of carbonyl (C=O) groups excluding carboxylic acids is 2. The third-order valence-electron chi connectivity index (χ3n) is 1.91. The Bertz CT molecular complexity index is 491. The highest BCUT2D eigenvalue weighted by molar-refractivity contribution is 5.92. The van der Waals surface area contributed by atoms with E-state index in [9.17, 15) is 18.4 Å². The molecule has 0 unspecified atom stereocenters. The number of halogens is 2. The van der Waals surface area contributed by atoms with E-state index in [2.05, 4.69) is 0 Å². The summed E-state index contributed by atoms with van der Waals surface area (Å²) in [5.74, 6) is -3.42. The zero-order valence-electron chi connectivity index (χ0n) is 11.3. The van der Waals surface area contributed by atoms with E-state index in [0.717, 1.165) is 18.2 Å². The minimum absolute atomic E-state index is 0.674. The number of amides is 2. The first-order chi connectivity index (χ1) is 9.19. The Hall–Kier alpha value is -2.18. The number of alkyl carbamates (subject to hydrolysis) is 1. The third-order valence-corrected chi connectivity index (χ3v) is 1.91. The van der Waals surface area contributed by atoms with Crippen LogP contribution in [0.1, 0.15) is 20.8 Å².